The summed E-state index contributed by atoms with van der Waals surface area (Å²) in [5, 5.41) is 44.7. The number of fused-ring (bicyclic) bond motifs is 7. The van der Waals surface area contributed by atoms with Crippen molar-refractivity contribution in [3.63, 3.8) is 0 Å². The zero-order valence-corrected chi connectivity index (χ0v) is 43.6. The highest BCUT2D eigenvalue weighted by Crippen LogP contribution is 2.70. The molecule has 6 saturated carbocycles. The number of rotatable bonds is 22. The number of ether oxygens (including phenoxy) is 4. The van der Waals surface area contributed by atoms with E-state index in [2.05, 4.69) is 33.5 Å². The van der Waals surface area contributed by atoms with Crippen LogP contribution in [-0.4, -0.2) is 123 Å². The SMILES string of the molecule is CC(=O)N[C@@H](CCCCN)C(=O)NCC(=O)N[C@@H](CCC(=O)O)C(=O)Nc1ccc(COC(=O)NC23CC(Oc4ccc([C@@H]5O[C@@H]6C[C@H]7[C@@H]8CCC9=CC(=O)C=C[C@]9(C)[C@H]8[C@@H](O)C[C@]7(C)[C@]6(C(=O)CO)O5)cc4)(C2)C3)cc1. The second-order valence-electron chi connectivity index (χ2n) is 22.7. The lowest BCUT2D eigenvalue weighted by atomic mass is 9.46. The minimum atomic E-state index is -1.47. The van der Waals surface area contributed by atoms with Crippen LogP contribution in [0, 0.1) is 28.6 Å². The molecule has 0 aromatic heterocycles. The first-order valence-electron chi connectivity index (χ1n) is 26.6. The molecule has 1 saturated heterocycles. The van der Waals surface area contributed by atoms with Crippen LogP contribution in [0.2, 0.25) is 0 Å². The first kappa shape index (κ1) is 55.2. The fraction of sp³-hybridized carbons (Fsp3) is 0.571. The van der Waals surface area contributed by atoms with Crippen LogP contribution in [0.25, 0.3) is 0 Å². The number of carboxylic acids is 1. The average molecular weight is 1070 g/mol. The second kappa shape index (κ2) is 21.7. The van der Waals surface area contributed by atoms with Crippen molar-refractivity contribution in [1.82, 2.24) is 21.3 Å². The molecule has 77 heavy (non-hydrogen) atoms. The number of aliphatic hydroxyl groups excluding tert-OH is 2. The third-order valence-electron chi connectivity index (χ3n) is 17.6. The maximum atomic E-state index is 14.0. The number of amides is 5. The van der Waals surface area contributed by atoms with E-state index in [0.717, 1.165) is 18.4 Å². The van der Waals surface area contributed by atoms with Crippen LogP contribution >= 0.6 is 0 Å². The molecule has 21 nitrogen and oxygen atoms in total. The number of carbonyl (C=O) groups excluding carboxylic acids is 7. The molecule has 11 atom stereocenters. The van der Waals surface area contributed by atoms with E-state index in [4.69, 9.17) is 24.7 Å². The Hall–Kier alpha value is -6.52. The standard InChI is InChI=1S/C56H70N6O15/c1-31(64)59-40(6-4-5-21-57)48(71)58-25-45(68)61-41(17-18-46(69)70)49(72)60-35-12-7-32(8-13-35)27-74-51(73)62-54-28-55(29-54,30-54)76-37-14-9-33(10-15-37)50-75-44-23-39-38-16-11-34-22-36(65)19-20-52(34,2)47(38)42(66)24-53(39,3)56(44,77-50)43(67)26-63/h7-10,12-15,19-20,22,38-42,44,47,50,63,66H,4-6,11,16-18,21,23-30,57H2,1-3H3,(H,58,71)(H,59,64)(H,60,72)(H,61,68)(H,62,73)(H,69,70)/t38-,39-,40-,41-,42-,44+,47+,50+,52-,53-,54?,55?,56+/m0/s1. The van der Waals surface area contributed by atoms with Crippen LogP contribution in [0.1, 0.15) is 115 Å². The third-order valence-corrected chi connectivity index (χ3v) is 17.6. The van der Waals surface area contributed by atoms with E-state index in [-0.39, 0.29) is 43.0 Å². The molecule has 2 bridgehead atoms. The van der Waals surface area contributed by atoms with Crippen molar-refractivity contribution in [3.05, 3.63) is 83.5 Å². The number of anilines is 1. The molecule has 5 amide bonds. The Morgan fingerprint density at radius 1 is 0.922 bits per heavy atom. The number of hydrogen-bond acceptors (Lipinski definition) is 15. The maximum absolute atomic E-state index is 14.0. The Bertz CT molecular complexity index is 2710. The molecular formula is C56H70N6O15. The molecule has 21 heteroatoms. The summed E-state index contributed by atoms with van der Waals surface area (Å²) >= 11 is 0. The van der Waals surface area contributed by atoms with Gasteiger partial charge < -0.3 is 66.6 Å². The first-order chi connectivity index (χ1) is 36.6. The Morgan fingerprint density at radius 2 is 1.64 bits per heavy atom. The summed E-state index contributed by atoms with van der Waals surface area (Å²) in [4.78, 5) is 101. The van der Waals surface area contributed by atoms with E-state index in [9.17, 15) is 53.7 Å². The minimum Gasteiger partial charge on any atom is -0.487 e. The maximum Gasteiger partial charge on any atom is 0.407 e. The highest BCUT2D eigenvalue weighted by Gasteiger charge is 2.76. The number of hydrogen-bond donors (Lipinski definition) is 9. The van der Waals surface area contributed by atoms with Crippen molar-refractivity contribution < 1.29 is 72.6 Å². The van der Waals surface area contributed by atoms with Gasteiger partial charge >= 0.3 is 12.1 Å². The van der Waals surface area contributed by atoms with Gasteiger partial charge in [-0.3, -0.25) is 33.6 Å². The molecule has 0 unspecified atom stereocenters. The van der Waals surface area contributed by atoms with E-state index in [1.807, 2.05) is 37.3 Å². The highest BCUT2D eigenvalue weighted by molar-refractivity contribution is 6.01. The van der Waals surface area contributed by atoms with Gasteiger partial charge in [-0.05, 0) is 112 Å². The van der Waals surface area contributed by atoms with Crippen LogP contribution in [0.15, 0.2) is 72.3 Å². The van der Waals surface area contributed by atoms with Gasteiger partial charge in [0, 0.05) is 60.6 Å². The van der Waals surface area contributed by atoms with Crippen LogP contribution < -0.4 is 37.1 Å². The number of carbonyl (C=O) groups is 8. The fourth-order valence-corrected chi connectivity index (χ4v) is 14.1. The smallest absolute Gasteiger partial charge is 0.407 e. The lowest BCUT2D eigenvalue weighted by molar-refractivity contribution is -0.201. The van der Waals surface area contributed by atoms with Crippen molar-refractivity contribution in [2.45, 2.75) is 152 Å². The number of benzene rings is 2. The van der Waals surface area contributed by atoms with E-state index < -0.39 is 119 Å². The summed E-state index contributed by atoms with van der Waals surface area (Å²) in [7, 11) is 0. The van der Waals surface area contributed by atoms with Crippen molar-refractivity contribution >= 4 is 52.9 Å². The molecule has 414 valence electrons. The molecule has 10 rings (SSSR count). The quantitative estimate of drug-likeness (QED) is 0.0764. The van der Waals surface area contributed by atoms with Gasteiger partial charge in [0.25, 0.3) is 0 Å². The molecule has 7 aliphatic carbocycles. The van der Waals surface area contributed by atoms with Gasteiger partial charge in [0.2, 0.25) is 23.6 Å². The summed E-state index contributed by atoms with van der Waals surface area (Å²) in [6.45, 7) is 4.46. The van der Waals surface area contributed by atoms with Crippen molar-refractivity contribution in [2.24, 2.45) is 34.3 Å². The van der Waals surface area contributed by atoms with E-state index in [1.54, 1.807) is 36.4 Å². The minimum absolute atomic E-state index is 0.0234. The average Bonchev–Trinajstić information content (AvgIpc) is 4.15. The van der Waals surface area contributed by atoms with Gasteiger partial charge in [-0.25, -0.2) is 4.79 Å². The normalized spacial score (nSPS) is 32.6. The summed E-state index contributed by atoms with van der Waals surface area (Å²) in [5.41, 5.74) is 4.49. The number of aliphatic hydroxyl groups is 2. The topological polar surface area (TPSA) is 320 Å². The van der Waals surface area contributed by atoms with Gasteiger partial charge in [0.1, 0.15) is 36.6 Å². The van der Waals surface area contributed by atoms with Crippen molar-refractivity contribution in [3.8, 4) is 5.75 Å². The molecule has 0 radical (unpaired) electrons. The number of Topliss-reactive ketones (excluding diaryl/α,β-unsaturated/α-hetero) is 1. The van der Waals surface area contributed by atoms with Crippen LogP contribution in [0.3, 0.4) is 0 Å². The van der Waals surface area contributed by atoms with Gasteiger partial charge in [-0.1, -0.05) is 49.8 Å². The van der Waals surface area contributed by atoms with Crippen molar-refractivity contribution in [1.29, 1.82) is 0 Å². The zero-order chi connectivity index (χ0) is 55.1. The summed E-state index contributed by atoms with van der Waals surface area (Å²) in [5.74, 6) is -3.63. The number of alkyl carbamates (subject to hydrolysis) is 1. The largest absolute Gasteiger partial charge is 0.487 e. The molecule has 10 N–H and O–H groups in total. The van der Waals surface area contributed by atoms with Gasteiger partial charge in [0.15, 0.2) is 23.5 Å². The van der Waals surface area contributed by atoms with E-state index in [1.165, 1.54) is 6.92 Å². The van der Waals surface area contributed by atoms with Crippen LogP contribution in [-0.2, 0) is 54.4 Å². The molecular weight excluding hydrogens is 997 g/mol. The monoisotopic (exact) mass is 1070 g/mol. The summed E-state index contributed by atoms with van der Waals surface area (Å²) in [6, 6.07) is 11.6. The molecule has 7 fully saturated rings. The zero-order valence-electron chi connectivity index (χ0n) is 43.6. The first-order valence-corrected chi connectivity index (χ1v) is 26.6. The molecule has 8 aliphatic rings. The highest BCUT2D eigenvalue weighted by atomic mass is 16.7. The van der Waals surface area contributed by atoms with Crippen LogP contribution in [0.4, 0.5) is 10.5 Å². The van der Waals surface area contributed by atoms with Crippen molar-refractivity contribution in [2.75, 3.05) is 25.0 Å². The Balaban J connectivity index is 0.723. The number of carboxylic acid groups (broad SMARTS) is 1. The van der Waals surface area contributed by atoms with Crippen LogP contribution in [0.5, 0.6) is 5.75 Å². The Morgan fingerprint density at radius 3 is 2.31 bits per heavy atom. The van der Waals surface area contributed by atoms with Gasteiger partial charge in [0.05, 0.1) is 24.3 Å². The summed E-state index contributed by atoms with van der Waals surface area (Å²) < 4.78 is 25.3. The Labute approximate surface area is 445 Å². The molecule has 1 heterocycles. The number of aliphatic carboxylic acids is 1. The fourth-order valence-electron chi connectivity index (χ4n) is 14.1. The number of nitrogens with two attached hydrogens (primary N) is 1. The lowest BCUT2D eigenvalue weighted by Crippen LogP contribution is -2.80. The molecule has 2 aromatic rings. The molecule has 0 spiro atoms. The number of nitrogens with one attached hydrogen (secondary N) is 5. The lowest BCUT2D eigenvalue weighted by Gasteiger charge is -2.68. The van der Waals surface area contributed by atoms with Gasteiger partial charge in [-0.15, -0.1) is 0 Å². The molecule has 1 aliphatic heterocycles. The van der Waals surface area contributed by atoms with Gasteiger partial charge in [-0.2, -0.15) is 0 Å². The molecule has 2 aromatic carbocycles. The summed E-state index contributed by atoms with van der Waals surface area (Å²) in [6.07, 6.45) is 7.22. The number of ketones is 2. The van der Waals surface area contributed by atoms with E-state index >= 15 is 0 Å². The number of allylic oxidation sites excluding steroid dienone is 4. The Kier molecular flexibility index (Phi) is 15.6. The predicted octanol–water partition coefficient (Wildman–Crippen LogP) is 3.31. The predicted molar refractivity (Wildman–Crippen MR) is 274 cm³/mol. The second-order valence-corrected chi connectivity index (χ2v) is 22.7. The number of unbranched alkanes of at least 4 members (excludes halogenated alkanes) is 1. The third kappa shape index (κ3) is 10.8. The van der Waals surface area contributed by atoms with E-state index in [0.29, 0.717) is 74.1 Å².